The Morgan fingerprint density at radius 1 is 1.24 bits per heavy atom. The van der Waals surface area contributed by atoms with Crippen molar-refractivity contribution in [2.75, 3.05) is 12.5 Å². The molecule has 12 heteroatoms. The third-order valence-electron chi connectivity index (χ3n) is 2.79. The third-order valence-corrected chi connectivity index (χ3v) is 3.89. The molecule has 25 heavy (non-hydrogen) atoms. The first-order valence-electron chi connectivity index (χ1n) is 6.72. The van der Waals surface area contributed by atoms with Crippen molar-refractivity contribution in [3.63, 3.8) is 0 Å². The second-order valence-corrected chi connectivity index (χ2v) is 8.58. The number of hydrogen-bond donors (Lipinski definition) is 1. The van der Waals surface area contributed by atoms with Gasteiger partial charge in [-0.1, -0.05) is 22.9 Å². The Hall–Kier alpha value is -2.60. The smallest absolute Gasteiger partial charge is 0.301 e. The van der Waals surface area contributed by atoms with Gasteiger partial charge in [-0.3, -0.25) is 4.79 Å². The Morgan fingerprint density at radius 3 is 2.48 bits per heavy atom. The SMILES string of the molecule is CS(=O)(=O)N=C([O-])c1c[n+](CC(=O)NS(C)(=O)=O)nc2ccccc12. The van der Waals surface area contributed by atoms with Crippen molar-refractivity contribution in [2.45, 2.75) is 6.54 Å². The monoisotopic (exact) mass is 386 g/mol. The van der Waals surface area contributed by atoms with Crippen LogP contribution in [0.3, 0.4) is 0 Å². The van der Waals surface area contributed by atoms with E-state index in [-0.39, 0.29) is 5.56 Å². The fourth-order valence-electron chi connectivity index (χ4n) is 2.01. The highest BCUT2D eigenvalue weighted by molar-refractivity contribution is 7.89. The number of sulfonamides is 2. The number of hydrogen-bond acceptors (Lipinski definition) is 7. The lowest BCUT2D eigenvalue weighted by molar-refractivity contribution is -0.740. The number of carbonyl (C=O) groups is 1. The minimum absolute atomic E-state index is 0.0804. The zero-order valence-corrected chi connectivity index (χ0v) is 14.8. The Morgan fingerprint density at radius 2 is 1.88 bits per heavy atom. The summed E-state index contributed by atoms with van der Waals surface area (Å²) in [5.74, 6) is -1.88. The third kappa shape index (κ3) is 5.46. The van der Waals surface area contributed by atoms with E-state index in [9.17, 15) is 26.7 Å². The van der Waals surface area contributed by atoms with Gasteiger partial charge in [-0.2, -0.15) is 4.40 Å². The highest BCUT2D eigenvalue weighted by atomic mass is 32.2. The van der Waals surface area contributed by atoms with Crippen LogP contribution in [0.2, 0.25) is 0 Å². The second kappa shape index (κ2) is 6.72. The molecule has 10 nitrogen and oxygen atoms in total. The molecule has 1 aromatic carbocycles. The van der Waals surface area contributed by atoms with Crippen LogP contribution in [0.25, 0.3) is 10.9 Å². The summed E-state index contributed by atoms with van der Waals surface area (Å²) in [6.45, 7) is -0.489. The molecular weight excluding hydrogens is 372 g/mol. The van der Waals surface area contributed by atoms with Crippen molar-refractivity contribution in [3.05, 3.63) is 36.0 Å². The Bertz CT molecular complexity index is 1080. The molecule has 1 heterocycles. The van der Waals surface area contributed by atoms with E-state index in [0.29, 0.717) is 10.9 Å². The van der Waals surface area contributed by atoms with E-state index >= 15 is 0 Å². The summed E-state index contributed by atoms with van der Waals surface area (Å²) in [6, 6.07) is 6.37. The maximum atomic E-state index is 12.2. The summed E-state index contributed by atoms with van der Waals surface area (Å²) in [5.41, 5.74) is 0.229. The van der Waals surface area contributed by atoms with Gasteiger partial charge in [-0.15, -0.1) is 0 Å². The summed E-state index contributed by atoms with van der Waals surface area (Å²) in [7, 11) is -7.65. The van der Waals surface area contributed by atoms with E-state index in [1.165, 1.54) is 0 Å². The Labute approximate surface area is 143 Å². The van der Waals surface area contributed by atoms with Crippen molar-refractivity contribution in [3.8, 4) is 0 Å². The molecule has 0 aliphatic carbocycles. The van der Waals surface area contributed by atoms with Gasteiger partial charge in [0.15, 0.2) is 0 Å². The van der Waals surface area contributed by atoms with Crippen LogP contribution in [-0.4, -0.2) is 46.3 Å². The average molecular weight is 386 g/mol. The van der Waals surface area contributed by atoms with Crippen LogP contribution in [0.15, 0.2) is 34.9 Å². The van der Waals surface area contributed by atoms with E-state index in [4.69, 9.17) is 0 Å². The summed E-state index contributed by atoms with van der Waals surface area (Å²) < 4.78 is 50.5. The average Bonchev–Trinajstić information content (AvgIpc) is 2.42. The molecule has 134 valence electrons. The number of nitrogens with one attached hydrogen (secondary N) is 1. The van der Waals surface area contributed by atoms with Crippen molar-refractivity contribution >= 4 is 42.8 Å². The van der Waals surface area contributed by atoms with E-state index in [2.05, 4.69) is 9.50 Å². The second-order valence-electron chi connectivity index (χ2n) is 5.18. The van der Waals surface area contributed by atoms with Crippen LogP contribution < -0.4 is 14.5 Å². The molecular formula is C13H14N4O6S2. The van der Waals surface area contributed by atoms with Gasteiger partial charge in [-0.25, -0.2) is 21.6 Å². The molecule has 0 saturated carbocycles. The van der Waals surface area contributed by atoms with Crippen molar-refractivity contribution < 1.29 is 31.4 Å². The van der Waals surface area contributed by atoms with E-state index in [0.717, 1.165) is 23.4 Å². The molecule has 0 aliphatic rings. The van der Waals surface area contributed by atoms with Gasteiger partial charge in [0.1, 0.15) is 5.52 Å². The standard InChI is InChI=1S/C13H14N4O6S2/c1-24(20,21)15-12(18)8-17-7-10(13(19)16-25(2,22)23)9-5-3-4-6-11(9)14-17/h3-7H,8H2,1-2H3,(H-,15,16,18,19). The molecule has 2 rings (SSSR count). The number of fused-ring (bicyclic) bond motifs is 1. The van der Waals surface area contributed by atoms with Crippen molar-refractivity contribution in [1.82, 2.24) is 9.82 Å². The first-order chi connectivity index (χ1) is 11.4. The zero-order chi connectivity index (χ0) is 18.8. The van der Waals surface area contributed by atoms with Crippen molar-refractivity contribution in [1.29, 1.82) is 0 Å². The number of aromatic nitrogens is 2. The van der Waals surface area contributed by atoms with Crippen LogP contribution in [0.5, 0.6) is 0 Å². The molecule has 1 aromatic heterocycles. The quantitative estimate of drug-likeness (QED) is 0.344. The van der Waals surface area contributed by atoms with Crippen LogP contribution in [-0.2, 0) is 31.4 Å². The molecule has 0 atom stereocenters. The van der Waals surface area contributed by atoms with Gasteiger partial charge in [0.25, 0.3) is 6.54 Å². The van der Waals surface area contributed by atoms with Crippen molar-refractivity contribution in [2.24, 2.45) is 4.40 Å². The fraction of sp³-hybridized carbons (Fsp3) is 0.231. The summed E-state index contributed by atoms with van der Waals surface area (Å²) in [4.78, 5) is 11.7. The Kier molecular flexibility index (Phi) is 5.04. The summed E-state index contributed by atoms with van der Waals surface area (Å²) >= 11 is 0. The zero-order valence-electron chi connectivity index (χ0n) is 13.2. The largest absolute Gasteiger partial charge is 0.857 e. The van der Waals surface area contributed by atoms with Gasteiger partial charge < -0.3 is 5.11 Å². The molecule has 0 aliphatic heterocycles. The number of carbonyl (C=O) groups excluding carboxylic acids is 1. The Balaban J connectivity index is 2.54. The minimum Gasteiger partial charge on any atom is -0.857 e. The molecule has 0 fully saturated rings. The summed E-state index contributed by atoms with van der Waals surface area (Å²) in [6.07, 6.45) is 2.74. The van der Waals surface area contributed by atoms with E-state index in [1.54, 1.807) is 29.0 Å². The number of nitrogens with zero attached hydrogens (tertiary/aromatic N) is 3. The molecule has 0 radical (unpaired) electrons. The number of benzene rings is 1. The lowest BCUT2D eigenvalue weighted by atomic mass is 10.1. The molecule has 1 amide bonds. The maximum Gasteiger partial charge on any atom is 0.301 e. The topological polar surface area (TPSA) is 150 Å². The highest BCUT2D eigenvalue weighted by Gasteiger charge is 2.18. The van der Waals surface area contributed by atoms with E-state index in [1.807, 2.05) is 0 Å². The summed E-state index contributed by atoms with van der Waals surface area (Å²) in [5, 5.41) is 16.6. The molecule has 0 spiro atoms. The number of amides is 1. The van der Waals surface area contributed by atoms with Gasteiger partial charge in [-0.05, 0) is 6.07 Å². The van der Waals surface area contributed by atoms with Crippen LogP contribution >= 0.6 is 0 Å². The predicted octanol–water partition coefficient (Wildman–Crippen LogP) is -2.34. The maximum absolute atomic E-state index is 12.2. The van der Waals surface area contributed by atoms with Crippen LogP contribution in [0.4, 0.5) is 0 Å². The van der Waals surface area contributed by atoms with Gasteiger partial charge >= 0.3 is 5.91 Å². The molecule has 2 aromatic rings. The fourth-order valence-corrected chi connectivity index (χ4v) is 2.89. The molecule has 0 saturated heterocycles. The normalized spacial score (nSPS) is 13.0. The number of rotatable bonds is 5. The van der Waals surface area contributed by atoms with Gasteiger partial charge in [0, 0.05) is 16.4 Å². The first kappa shape index (κ1) is 18.7. The first-order valence-corrected chi connectivity index (χ1v) is 10.5. The van der Waals surface area contributed by atoms with Crippen LogP contribution in [0.1, 0.15) is 5.56 Å². The van der Waals surface area contributed by atoms with E-state index < -0.39 is 38.4 Å². The predicted molar refractivity (Wildman–Crippen MR) is 86.3 cm³/mol. The minimum atomic E-state index is -3.91. The van der Waals surface area contributed by atoms with Gasteiger partial charge in [0.2, 0.25) is 26.2 Å². The molecule has 0 bridgehead atoms. The molecule has 0 unspecified atom stereocenters. The van der Waals surface area contributed by atoms with Gasteiger partial charge in [0.05, 0.1) is 18.1 Å². The lowest BCUT2D eigenvalue weighted by Gasteiger charge is -2.11. The highest BCUT2D eigenvalue weighted by Crippen LogP contribution is 2.14. The van der Waals surface area contributed by atoms with Crippen LogP contribution in [0, 0.1) is 0 Å². The molecule has 1 N–H and O–H groups in total. The lowest BCUT2D eigenvalue weighted by Crippen LogP contribution is -2.47.